The van der Waals surface area contributed by atoms with E-state index in [-0.39, 0.29) is 22.6 Å². The molecule has 0 aliphatic heterocycles. The predicted octanol–water partition coefficient (Wildman–Crippen LogP) is 5.29. The lowest BCUT2D eigenvalue weighted by Crippen LogP contribution is -2.11. The molecule has 0 aliphatic carbocycles. The van der Waals surface area contributed by atoms with Crippen LogP contribution in [-0.4, -0.2) is 11.5 Å². The smallest absolute Gasteiger partial charge is 0.189 e. The van der Waals surface area contributed by atoms with Crippen LogP contribution in [0.15, 0.2) is 24.3 Å². The molecular formula is C12H14F4S2. The lowest BCUT2D eigenvalue weighted by atomic mass is 10.1. The monoisotopic (exact) mass is 298 g/mol. The van der Waals surface area contributed by atoms with Crippen LogP contribution in [0.1, 0.15) is 25.0 Å². The summed E-state index contributed by atoms with van der Waals surface area (Å²) in [6.07, 6.45) is 0. The summed E-state index contributed by atoms with van der Waals surface area (Å²) in [7, 11) is 0. The molecule has 0 heterocycles. The Labute approximate surface area is 113 Å². The van der Waals surface area contributed by atoms with E-state index in [9.17, 15) is 17.6 Å². The van der Waals surface area contributed by atoms with Gasteiger partial charge in [0.2, 0.25) is 0 Å². The van der Waals surface area contributed by atoms with E-state index < -0.39 is 10.5 Å². The molecular weight excluding hydrogens is 284 g/mol. The van der Waals surface area contributed by atoms with Crippen molar-refractivity contribution in [3.8, 4) is 0 Å². The lowest BCUT2D eigenvalue weighted by molar-refractivity contribution is 0.101. The summed E-state index contributed by atoms with van der Waals surface area (Å²) in [6, 6.07) is 4.29. The first-order valence-electron chi connectivity index (χ1n) is 5.48. The van der Waals surface area contributed by atoms with Gasteiger partial charge in [-0.15, -0.1) is 0 Å². The van der Waals surface area contributed by atoms with Gasteiger partial charge in [-0.2, -0.15) is 17.6 Å². The maximum Gasteiger partial charge on any atom is 0.319 e. The summed E-state index contributed by atoms with van der Waals surface area (Å²) >= 11 is 0.968. The molecule has 0 fully saturated rings. The van der Waals surface area contributed by atoms with Crippen molar-refractivity contribution in [3.05, 3.63) is 35.4 Å². The average Bonchev–Trinajstić information content (AvgIpc) is 2.29. The number of alkyl halides is 4. The molecule has 0 radical (unpaired) electrons. The zero-order chi connectivity index (χ0) is 13.8. The molecule has 0 nitrogen and oxygen atoms in total. The van der Waals surface area contributed by atoms with Crippen LogP contribution in [-0.2, 0) is 10.5 Å². The maximum atomic E-state index is 13.5. The predicted molar refractivity (Wildman–Crippen MR) is 70.5 cm³/mol. The Morgan fingerprint density at radius 2 is 1.06 bits per heavy atom. The summed E-state index contributed by atoms with van der Waals surface area (Å²) < 4.78 is 54.0. The summed E-state index contributed by atoms with van der Waals surface area (Å²) in [5.41, 5.74) is -0.481. The highest BCUT2D eigenvalue weighted by atomic mass is 32.2. The van der Waals surface area contributed by atoms with Gasteiger partial charge < -0.3 is 0 Å². The van der Waals surface area contributed by atoms with Crippen molar-refractivity contribution < 1.29 is 17.6 Å². The second kappa shape index (κ2) is 6.19. The molecule has 0 N–H and O–H groups in total. The van der Waals surface area contributed by atoms with Gasteiger partial charge in [-0.05, 0) is 11.5 Å². The van der Waals surface area contributed by atoms with E-state index in [0.717, 1.165) is 24.3 Å². The largest absolute Gasteiger partial charge is 0.319 e. The van der Waals surface area contributed by atoms with Crippen molar-refractivity contribution in [1.29, 1.82) is 0 Å². The lowest BCUT2D eigenvalue weighted by Gasteiger charge is -2.18. The van der Waals surface area contributed by atoms with Crippen molar-refractivity contribution >= 4 is 23.5 Å². The van der Waals surface area contributed by atoms with E-state index >= 15 is 0 Å². The third-order valence-electron chi connectivity index (χ3n) is 2.21. The van der Waals surface area contributed by atoms with Gasteiger partial charge in [-0.1, -0.05) is 61.6 Å². The second-order valence-electron chi connectivity index (χ2n) is 3.48. The molecule has 0 bridgehead atoms. The first-order valence-corrected chi connectivity index (χ1v) is 7.45. The van der Waals surface area contributed by atoms with Gasteiger partial charge in [-0.25, -0.2) is 0 Å². The summed E-state index contributed by atoms with van der Waals surface area (Å²) in [5.74, 6) is 0.521. The van der Waals surface area contributed by atoms with Crippen molar-refractivity contribution in [3.63, 3.8) is 0 Å². The molecule has 1 aromatic carbocycles. The molecule has 0 unspecified atom stereocenters. The molecule has 0 saturated carbocycles. The van der Waals surface area contributed by atoms with Crippen molar-refractivity contribution in [1.82, 2.24) is 0 Å². The number of hydrogen-bond donors (Lipinski definition) is 0. The van der Waals surface area contributed by atoms with Crippen molar-refractivity contribution in [2.75, 3.05) is 11.5 Å². The number of thioether (sulfide) groups is 2. The molecule has 6 heteroatoms. The third-order valence-corrected chi connectivity index (χ3v) is 3.98. The quantitative estimate of drug-likeness (QED) is 0.654. The minimum absolute atomic E-state index is 0.240. The van der Waals surface area contributed by atoms with Gasteiger partial charge in [0.05, 0.1) is 0 Å². The van der Waals surface area contributed by atoms with Gasteiger partial charge in [0.25, 0.3) is 0 Å². The summed E-state index contributed by atoms with van der Waals surface area (Å²) in [5, 5.41) is -6.05. The number of hydrogen-bond acceptors (Lipinski definition) is 2. The standard InChI is InChI=1S/C12H14F4S2/c1-3-17-11(13,14)9-5-7-10(8-6-9)12(15,16)18-4-2/h5-8H,3-4H2,1-2H3. The Kier molecular flexibility index (Phi) is 5.40. The fraction of sp³-hybridized carbons (Fsp3) is 0.500. The maximum absolute atomic E-state index is 13.5. The van der Waals surface area contributed by atoms with Crippen LogP contribution >= 0.6 is 23.5 Å². The number of benzene rings is 1. The van der Waals surface area contributed by atoms with Crippen LogP contribution in [0.2, 0.25) is 0 Å². The van der Waals surface area contributed by atoms with Gasteiger partial charge in [0, 0.05) is 11.1 Å². The van der Waals surface area contributed by atoms with E-state index in [1.54, 1.807) is 13.8 Å². The molecule has 18 heavy (non-hydrogen) atoms. The van der Waals surface area contributed by atoms with Gasteiger partial charge in [0.1, 0.15) is 0 Å². The van der Waals surface area contributed by atoms with Gasteiger partial charge >= 0.3 is 10.5 Å². The second-order valence-corrected chi connectivity index (χ2v) is 6.23. The zero-order valence-electron chi connectivity index (χ0n) is 10.1. The third kappa shape index (κ3) is 3.82. The Balaban J connectivity index is 2.92. The van der Waals surface area contributed by atoms with Crippen LogP contribution < -0.4 is 0 Å². The van der Waals surface area contributed by atoms with Crippen LogP contribution in [0.4, 0.5) is 17.6 Å². The van der Waals surface area contributed by atoms with Crippen LogP contribution in [0.3, 0.4) is 0 Å². The Bertz CT molecular complexity index is 339. The summed E-state index contributed by atoms with van der Waals surface area (Å²) in [6.45, 7) is 3.25. The van der Waals surface area contributed by atoms with Crippen molar-refractivity contribution in [2.24, 2.45) is 0 Å². The Hall–Kier alpha value is -0.360. The molecule has 0 spiro atoms. The molecule has 0 atom stereocenters. The van der Waals surface area contributed by atoms with E-state index in [1.807, 2.05) is 0 Å². The van der Waals surface area contributed by atoms with E-state index in [0.29, 0.717) is 23.5 Å². The minimum atomic E-state index is -3.03. The topological polar surface area (TPSA) is 0 Å². The number of halogens is 4. The highest BCUT2D eigenvalue weighted by molar-refractivity contribution is 8.00. The average molecular weight is 298 g/mol. The molecule has 1 aromatic rings. The SMILES string of the molecule is CCSC(F)(F)c1ccc(C(F)(F)SCC)cc1. The van der Waals surface area contributed by atoms with E-state index in [1.165, 1.54) is 0 Å². The molecule has 0 aromatic heterocycles. The summed E-state index contributed by atoms with van der Waals surface area (Å²) in [4.78, 5) is 0. The Morgan fingerprint density at radius 1 is 0.778 bits per heavy atom. The minimum Gasteiger partial charge on any atom is -0.189 e. The fourth-order valence-electron chi connectivity index (χ4n) is 1.39. The zero-order valence-corrected chi connectivity index (χ0v) is 11.7. The first kappa shape index (κ1) is 15.7. The van der Waals surface area contributed by atoms with E-state index in [4.69, 9.17) is 0 Å². The molecule has 0 amide bonds. The van der Waals surface area contributed by atoms with Gasteiger partial charge in [0.15, 0.2) is 0 Å². The molecule has 1 rings (SSSR count). The molecule has 102 valence electrons. The normalized spacial score (nSPS) is 12.8. The number of rotatable bonds is 6. The molecule has 0 aliphatic rings. The first-order chi connectivity index (χ1) is 8.33. The fourth-order valence-corrected chi connectivity index (χ4v) is 2.72. The molecule has 0 saturated heterocycles. The van der Waals surface area contributed by atoms with Crippen molar-refractivity contribution in [2.45, 2.75) is 24.4 Å². The highest BCUT2D eigenvalue weighted by Gasteiger charge is 2.34. The highest BCUT2D eigenvalue weighted by Crippen LogP contribution is 2.42. The Morgan fingerprint density at radius 3 is 1.28 bits per heavy atom. The van der Waals surface area contributed by atoms with E-state index in [2.05, 4.69) is 0 Å². The van der Waals surface area contributed by atoms with Crippen LogP contribution in [0.25, 0.3) is 0 Å². The van der Waals surface area contributed by atoms with Crippen LogP contribution in [0, 0.1) is 0 Å². The van der Waals surface area contributed by atoms with Gasteiger partial charge in [-0.3, -0.25) is 0 Å². The van der Waals surface area contributed by atoms with Crippen LogP contribution in [0.5, 0.6) is 0 Å².